The second-order valence-electron chi connectivity index (χ2n) is 7.33. The highest BCUT2D eigenvalue weighted by Gasteiger charge is 2.29. The molecule has 2 aromatic rings. The molecule has 0 atom stereocenters. The molecule has 0 bridgehead atoms. The quantitative estimate of drug-likeness (QED) is 0.775. The van der Waals surface area contributed by atoms with Crippen LogP contribution >= 0.6 is 0 Å². The fourth-order valence-electron chi connectivity index (χ4n) is 3.85. The molecule has 0 aromatic carbocycles. The number of hydrogen-bond acceptors (Lipinski definition) is 6. The normalized spacial score (nSPS) is 18.5. The van der Waals surface area contributed by atoms with E-state index in [9.17, 15) is 13.6 Å². The van der Waals surface area contributed by atoms with Crippen LogP contribution in [0.25, 0.3) is 0 Å². The van der Waals surface area contributed by atoms with Crippen LogP contribution in [0.3, 0.4) is 0 Å². The number of alkyl halides is 2. The SMILES string of the molecule is Cc1cc(N2CCOCC2)nc(C2CCN(C(=O)c3ccnn3C(F)F)CC2)n1. The zero-order valence-corrected chi connectivity index (χ0v) is 16.3. The Hall–Kier alpha value is -2.62. The van der Waals surface area contributed by atoms with Gasteiger partial charge >= 0.3 is 6.55 Å². The van der Waals surface area contributed by atoms with Crippen molar-refractivity contribution < 1.29 is 18.3 Å². The van der Waals surface area contributed by atoms with Crippen molar-refractivity contribution in [3.8, 4) is 0 Å². The highest BCUT2D eigenvalue weighted by molar-refractivity contribution is 5.92. The van der Waals surface area contributed by atoms with Gasteiger partial charge in [-0.3, -0.25) is 4.79 Å². The van der Waals surface area contributed by atoms with Gasteiger partial charge in [-0.15, -0.1) is 0 Å². The molecule has 0 unspecified atom stereocenters. The lowest BCUT2D eigenvalue weighted by Crippen LogP contribution is -2.39. The topological polar surface area (TPSA) is 76.4 Å². The van der Waals surface area contributed by atoms with Crippen molar-refractivity contribution in [2.24, 2.45) is 0 Å². The standard InChI is InChI=1S/C19H24F2N6O2/c1-13-12-16(25-8-10-29-11-9-25)24-17(23-13)14-3-6-26(7-4-14)18(28)15-2-5-22-27(15)19(20)21/h2,5,12,14,19H,3-4,6-11H2,1H3. The average molecular weight is 406 g/mol. The number of aryl methyl sites for hydroxylation is 1. The van der Waals surface area contributed by atoms with Gasteiger partial charge in [-0.05, 0) is 25.8 Å². The molecule has 2 saturated heterocycles. The smallest absolute Gasteiger partial charge is 0.333 e. The van der Waals surface area contributed by atoms with E-state index in [1.165, 1.54) is 12.3 Å². The molecular formula is C19H24F2N6O2. The zero-order valence-electron chi connectivity index (χ0n) is 16.3. The molecule has 2 aliphatic heterocycles. The molecule has 8 nitrogen and oxygen atoms in total. The minimum atomic E-state index is -2.83. The number of anilines is 1. The van der Waals surface area contributed by atoms with Crippen LogP contribution in [0.15, 0.2) is 18.3 Å². The number of nitrogens with zero attached hydrogens (tertiary/aromatic N) is 6. The molecule has 29 heavy (non-hydrogen) atoms. The summed E-state index contributed by atoms with van der Waals surface area (Å²) in [5.74, 6) is 1.42. The number of morpholine rings is 1. The summed E-state index contributed by atoms with van der Waals surface area (Å²) in [6.07, 6.45) is 2.61. The molecule has 0 spiro atoms. The van der Waals surface area contributed by atoms with Gasteiger partial charge in [0, 0.05) is 50.1 Å². The van der Waals surface area contributed by atoms with Crippen LogP contribution in [0.5, 0.6) is 0 Å². The summed E-state index contributed by atoms with van der Waals surface area (Å²) in [5, 5.41) is 3.54. The first-order valence-corrected chi connectivity index (χ1v) is 9.82. The van der Waals surface area contributed by atoms with Gasteiger partial charge in [-0.25, -0.2) is 9.97 Å². The lowest BCUT2D eigenvalue weighted by molar-refractivity contribution is 0.0450. The van der Waals surface area contributed by atoms with E-state index < -0.39 is 12.5 Å². The third-order valence-corrected chi connectivity index (χ3v) is 5.41. The molecule has 0 aliphatic carbocycles. The molecule has 0 radical (unpaired) electrons. The van der Waals surface area contributed by atoms with E-state index >= 15 is 0 Å². The van der Waals surface area contributed by atoms with Crippen molar-refractivity contribution in [2.75, 3.05) is 44.3 Å². The van der Waals surface area contributed by atoms with E-state index in [-0.39, 0.29) is 11.6 Å². The maximum atomic E-state index is 13.0. The van der Waals surface area contributed by atoms with Gasteiger partial charge in [0.15, 0.2) is 0 Å². The number of hydrogen-bond donors (Lipinski definition) is 0. The number of carbonyl (C=O) groups excluding carboxylic acids is 1. The van der Waals surface area contributed by atoms with Gasteiger partial charge in [0.1, 0.15) is 17.3 Å². The first-order valence-electron chi connectivity index (χ1n) is 9.82. The third kappa shape index (κ3) is 4.21. The Bertz CT molecular complexity index is 860. The van der Waals surface area contributed by atoms with Crippen LogP contribution in [-0.4, -0.2) is 69.9 Å². The van der Waals surface area contributed by atoms with Gasteiger partial charge in [0.05, 0.1) is 13.2 Å². The number of carbonyl (C=O) groups is 1. The van der Waals surface area contributed by atoms with Crippen LogP contribution in [-0.2, 0) is 4.74 Å². The number of amides is 1. The van der Waals surface area contributed by atoms with Crippen molar-refractivity contribution in [1.82, 2.24) is 24.6 Å². The Morgan fingerprint density at radius 1 is 1.17 bits per heavy atom. The summed E-state index contributed by atoms with van der Waals surface area (Å²) >= 11 is 0. The van der Waals surface area contributed by atoms with Crippen LogP contribution in [0.2, 0.25) is 0 Å². The predicted molar refractivity (Wildman–Crippen MR) is 101 cm³/mol. The summed E-state index contributed by atoms with van der Waals surface area (Å²) in [6.45, 7) is 3.06. The summed E-state index contributed by atoms with van der Waals surface area (Å²) < 4.78 is 31.9. The summed E-state index contributed by atoms with van der Waals surface area (Å²) in [5.41, 5.74) is 0.829. The molecule has 1 amide bonds. The zero-order chi connectivity index (χ0) is 20.4. The Kier molecular flexibility index (Phi) is 5.70. The molecular weight excluding hydrogens is 382 g/mol. The molecule has 4 heterocycles. The summed E-state index contributed by atoms with van der Waals surface area (Å²) in [4.78, 5) is 25.8. The second-order valence-corrected chi connectivity index (χ2v) is 7.33. The number of rotatable bonds is 4. The lowest BCUT2D eigenvalue weighted by Gasteiger charge is -2.32. The van der Waals surface area contributed by atoms with E-state index in [2.05, 4.69) is 15.0 Å². The number of ether oxygens (including phenoxy) is 1. The Balaban J connectivity index is 1.43. The largest absolute Gasteiger partial charge is 0.378 e. The van der Waals surface area contributed by atoms with Gasteiger partial charge in [-0.2, -0.15) is 18.6 Å². The number of aromatic nitrogens is 4. The van der Waals surface area contributed by atoms with E-state index in [4.69, 9.17) is 9.72 Å². The maximum Gasteiger partial charge on any atom is 0.333 e. The third-order valence-electron chi connectivity index (χ3n) is 5.41. The van der Waals surface area contributed by atoms with Crippen LogP contribution in [0.4, 0.5) is 14.6 Å². The van der Waals surface area contributed by atoms with E-state index in [0.29, 0.717) is 43.8 Å². The molecule has 0 N–H and O–H groups in total. The van der Waals surface area contributed by atoms with E-state index in [1.54, 1.807) is 4.90 Å². The Morgan fingerprint density at radius 3 is 2.59 bits per heavy atom. The fraction of sp³-hybridized carbons (Fsp3) is 0.579. The van der Waals surface area contributed by atoms with Crippen molar-refractivity contribution >= 4 is 11.7 Å². The fourth-order valence-corrected chi connectivity index (χ4v) is 3.85. The second kappa shape index (κ2) is 8.40. The van der Waals surface area contributed by atoms with Gasteiger partial charge in [0.2, 0.25) is 0 Å². The minimum Gasteiger partial charge on any atom is -0.378 e. The molecule has 2 aliphatic rings. The van der Waals surface area contributed by atoms with Gasteiger partial charge < -0.3 is 14.5 Å². The van der Waals surface area contributed by atoms with Crippen LogP contribution < -0.4 is 4.90 Å². The molecule has 4 rings (SSSR count). The Morgan fingerprint density at radius 2 is 1.90 bits per heavy atom. The number of piperidine rings is 1. The molecule has 156 valence electrons. The summed E-state index contributed by atoms with van der Waals surface area (Å²) in [6, 6.07) is 3.32. The maximum absolute atomic E-state index is 13.0. The predicted octanol–water partition coefficient (Wildman–Crippen LogP) is 2.23. The van der Waals surface area contributed by atoms with E-state index in [1.807, 2.05) is 13.0 Å². The van der Waals surface area contributed by atoms with E-state index in [0.717, 1.165) is 30.4 Å². The highest BCUT2D eigenvalue weighted by Crippen LogP contribution is 2.28. The molecule has 2 aromatic heterocycles. The van der Waals surface area contributed by atoms with Crippen molar-refractivity contribution in [1.29, 1.82) is 0 Å². The van der Waals surface area contributed by atoms with Gasteiger partial charge in [0.25, 0.3) is 5.91 Å². The monoisotopic (exact) mass is 406 g/mol. The first kappa shape index (κ1) is 19.7. The van der Waals surface area contributed by atoms with Crippen LogP contribution in [0.1, 0.15) is 47.3 Å². The van der Waals surface area contributed by atoms with Crippen molar-refractivity contribution in [2.45, 2.75) is 32.2 Å². The number of likely N-dealkylation sites (tertiary alicyclic amines) is 1. The first-order chi connectivity index (χ1) is 14.0. The molecule has 2 fully saturated rings. The van der Waals surface area contributed by atoms with Crippen LogP contribution in [0, 0.1) is 6.92 Å². The van der Waals surface area contributed by atoms with Crippen molar-refractivity contribution in [3.63, 3.8) is 0 Å². The molecule has 10 heteroatoms. The Labute approximate surface area is 167 Å². The highest BCUT2D eigenvalue weighted by atomic mass is 19.3. The minimum absolute atomic E-state index is 0.0835. The average Bonchev–Trinajstić information content (AvgIpc) is 3.24. The molecule has 0 saturated carbocycles. The number of halogens is 2. The van der Waals surface area contributed by atoms with Crippen molar-refractivity contribution in [3.05, 3.63) is 35.5 Å². The van der Waals surface area contributed by atoms with Gasteiger partial charge in [-0.1, -0.05) is 0 Å². The lowest BCUT2D eigenvalue weighted by atomic mass is 9.95. The summed E-state index contributed by atoms with van der Waals surface area (Å²) in [7, 11) is 0.